The molecule has 0 amide bonds. The molecule has 0 radical (unpaired) electrons. The topological polar surface area (TPSA) is 85.6 Å². The molecular weight excluding hydrogens is 344 g/mol. The second kappa shape index (κ2) is 9.61. The van der Waals surface area contributed by atoms with E-state index in [9.17, 15) is 0 Å². The summed E-state index contributed by atoms with van der Waals surface area (Å²) in [6.45, 7) is 8.88. The van der Waals surface area contributed by atoms with Crippen molar-refractivity contribution in [2.75, 3.05) is 26.2 Å². The molecule has 0 saturated heterocycles. The van der Waals surface area contributed by atoms with Crippen LogP contribution in [0.5, 0.6) is 11.5 Å². The Hall–Kier alpha value is -3.03. The number of nitrogens with zero attached hydrogens (tertiary/aromatic N) is 4. The lowest BCUT2D eigenvalue weighted by atomic mass is 10.2. The number of hydrogen-bond acceptors (Lipinski definition) is 5. The zero-order chi connectivity index (χ0) is 18.9. The van der Waals surface area contributed by atoms with Gasteiger partial charge in [-0.2, -0.15) is 0 Å². The Morgan fingerprint density at radius 2 is 2.22 bits per heavy atom. The molecule has 2 N–H and O–H groups in total. The summed E-state index contributed by atoms with van der Waals surface area (Å²) in [6.07, 6.45) is 4.28. The highest BCUT2D eigenvalue weighted by molar-refractivity contribution is 5.79. The average molecular weight is 370 g/mol. The van der Waals surface area contributed by atoms with Gasteiger partial charge < -0.3 is 24.7 Å². The predicted molar refractivity (Wildman–Crippen MR) is 104 cm³/mol. The number of guanidine groups is 1. The number of aryl methyl sites for hydroxylation is 1. The van der Waals surface area contributed by atoms with Crippen LogP contribution in [0.4, 0.5) is 0 Å². The van der Waals surface area contributed by atoms with Crippen molar-refractivity contribution in [1.29, 1.82) is 0 Å². The van der Waals surface area contributed by atoms with Crippen molar-refractivity contribution < 1.29 is 9.47 Å². The second-order valence-corrected chi connectivity index (χ2v) is 6.08. The van der Waals surface area contributed by atoms with Gasteiger partial charge in [-0.1, -0.05) is 25.1 Å². The van der Waals surface area contributed by atoms with Gasteiger partial charge in [0.2, 0.25) is 0 Å². The van der Waals surface area contributed by atoms with Crippen molar-refractivity contribution in [2.45, 2.75) is 26.0 Å². The molecule has 0 fully saturated rings. The molecule has 1 aromatic heterocycles. The van der Waals surface area contributed by atoms with Crippen LogP contribution >= 0.6 is 0 Å². The van der Waals surface area contributed by atoms with Gasteiger partial charge in [-0.25, -0.2) is 4.99 Å². The highest BCUT2D eigenvalue weighted by Crippen LogP contribution is 2.30. The quantitative estimate of drug-likeness (QED) is 0.415. The fourth-order valence-electron chi connectivity index (χ4n) is 2.72. The van der Waals surface area contributed by atoms with E-state index in [4.69, 9.17) is 9.47 Å². The summed E-state index contributed by atoms with van der Waals surface area (Å²) in [6, 6.07) is 7.68. The highest BCUT2D eigenvalue weighted by Gasteiger charge is 2.20. The Labute approximate surface area is 159 Å². The first-order chi connectivity index (χ1) is 13.3. The van der Waals surface area contributed by atoms with Crippen LogP contribution < -0.4 is 20.1 Å². The van der Waals surface area contributed by atoms with Crippen LogP contribution in [-0.2, 0) is 13.0 Å². The molecule has 1 unspecified atom stereocenters. The molecule has 8 nitrogen and oxygen atoms in total. The largest absolute Gasteiger partial charge is 0.486 e. The van der Waals surface area contributed by atoms with Gasteiger partial charge in [0.05, 0.1) is 6.54 Å². The second-order valence-electron chi connectivity index (χ2n) is 6.08. The number of rotatable bonds is 8. The van der Waals surface area contributed by atoms with Crippen molar-refractivity contribution in [3.8, 4) is 11.5 Å². The molecule has 1 aromatic carbocycles. The van der Waals surface area contributed by atoms with Gasteiger partial charge in [0.25, 0.3) is 0 Å². The molecule has 27 heavy (non-hydrogen) atoms. The van der Waals surface area contributed by atoms with Gasteiger partial charge in [-0.05, 0) is 12.1 Å². The van der Waals surface area contributed by atoms with Crippen LogP contribution in [-0.4, -0.2) is 53.1 Å². The number of aliphatic imine (C=N–C) groups is 1. The standard InChI is InChI=1S/C19H26N6O2/c1-3-9-20-19(21-10-11-25-14-23-24-18(25)4-2)22-12-15-13-26-16-7-5-6-8-17(16)27-15/h3,5-8,14-15H,1,4,9-13H2,2H3,(H2,20,21,22). The van der Waals surface area contributed by atoms with E-state index in [1.807, 2.05) is 28.8 Å². The number of fused-ring (bicyclic) bond motifs is 1. The summed E-state index contributed by atoms with van der Waals surface area (Å²) < 4.78 is 13.7. The van der Waals surface area contributed by atoms with E-state index < -0.39 is 0 Å². The van der Waals surface area contributed by atoms with Crippen LogP contribution in [0.1, 0.15) is 12.7 Å². The first kappa shape index (κ1) is 18.8. The summed E-state index contributed by atoms with van der Waals surface area (Å²) in [5.41, 5.74) is 0. The molecule has 0 aliphatic carbocycles. The van der Waals surface area contributed by atoms with E-state index in [-0.39, 0.29) is 6.10 Å². The molecule has 2 heterocycles. The fraction of sp³-hybridized carbons (Fsp3) is 0.421. The van der Waals surface area contributed by atoms with Crippen LogP contribution in [0.2, 0.25) is 0 Å². The number of ether oxygens (including phenoxy) is 2. The van der Waals surface area contributed by atoms with Gasteiger partial charge in [0, 0.05) is 26.1 Å². The maximum atomic E-state index is 5.95. The summed E-state index contributed by atoms with van der Waals surface area (Å²) in [5, 5.41) is 14.6. The van der Waals surface area contributed by atoms with E-state index in [1.165, 1.54) is 0 Å². The molecule has 8 heteroatoms. The summed E-state index contributed by atoms with van der Waals surface area (Å²) >= 11 is 0. The maximum Gasteiger partial charge on any atom is 0.191 e. The van der Waals surface area contributed by atoms with E-state index in [0.29, 0.717) is 32.2 Å². The summed E-state index contributed by atoms with van der Waals surface area (Å²) in [4.78, 5) is 4.62. The van der Waals surface area contributed by atoms with E-state index in [0.717, 1.165) is 30.3 Å². The minimum absolute atomic E-state index is 0.119. The molecule has 144 valence electrons. The smallest absolute Gasteiger partial charge is 0.191 e. The molecule has 1 atom stereocenters. The monoisotopic (exact) mass is 370 g/mol. The third-order valence-corrected chi connectivity index (χ3v) is 4.09. The van der Waals surface area contributed by atoms with E-state index in [1.54, 1.807) is 12.4 Å². The lowest BCUT2D eigenvalue weighted by Crippen LogP contribution is -2.40. The first-order valence-electron chi connectivity index (χ1n) is 9.18. The molecule has 0 saturated carbocycles. The number of aromatic nitrogens is 3. The molecular formula is C19H26N6O2. The Morgan fingerprint density at radius 3 is 3.04 bits per heavy atom. The zero-order valence-electron chi connectivity index (χ0n) is 15.6. The van der Waals surface area contributed by atoms with Crippen LogP contribution in [0, 0.1) is 0 Å². The molecule has 1 aliphatic heterocycles. The predicted octanol–water partition coefficient (Wildman–Crippen LogP) is 1.40. The number of para-hydroxylation sites is 2. The molecule has 1 aliphatic rings. The van der Waals surface area contributed by atoms with Gasteiger partial charge >= 0.3 is 0 Å². The van der Waals surface area contributed by atoms with Crippen molar-refractivity contribution in [3.05, 3.63) is 49.1 Å². The van der Waals surface area contributed by atoms with Gasteiger partial charge in [-0.3, -0.25) is 0 Å². The van der Waals surface area contributed by atoms with Crippen molar-refractivity contribution in [3.63, 3.8) is 0 Å². The highest BCUT2D eigenvalue weighted by atomic mass is 16.6. The Morgan fingerprint density at radius 1 is 1.37 bits per heavy atom. The average Bonchev–Trinajstić information content (AvgIpc) is 3.17. The van der Waals surface area contributed by atoms with E-state index >= 15 is 0 Å². The Balaban J connectivity index is 1.53. The van der Waals surface area contributed by atoms with E-state index in [2.05, 4.69) is 39.3 Å². The van der Waals surface area contributed by atoms with Gasteiger partial charge in [0.1, 0.15) is 18.8 Å². The minimum Gasteiger partial charge on any atom is -0.486 e. The maximum absolute atomic E-state index is 5.95. The summed E-state index contributed by atoms with van der Waals surface area (Å²) in [7, 11) is 0. The zero-order valence-corrected chi connectivity index (χ0v) is 15.6. The van der Waals surface area contributed by atoms with Gasteiger partial charge in [-0.15, -0.1) is 16.8 Å². The third kappa shape index (κ3) is 5.22. The molecule has 0 bridgehead atoms. The lowest BCUT2D eigenvalue weighted by Gasteiger charge is -2.25. The Kier molecular flexibility index (Phi) is 6.67. The minimum atomic E-state index is -0.119. The van der Waals surface area contributed by atoms with Crippen LogP contribution in [0.15, 0.2) is 48.2 Å². The fourth-order valence-corrected chi connectivity index (χ4v) is 2.72. The SMILES string of the molecule is C=CCNC(=NCC1COc2ccccc2O1)NCCn1cnnc1CC. The number of benzene rings is 1. The number of nitrogens with one attached hydrogen (secondary N) is 2. The van der Waals surface area contributed by atoms with Crippen LogP contribution in [0.3, 0.4) is 0 Å². The Bertz CT molecular complexity index is 773. The third-order valence-electron chi connectivity index (χ3n) is 4.09. The van der Waals surface area contributed by atoms with Crippen molar-refractivity contribution in [1.82, 2.24) is 25.4 Å². The molecule has 3 rings (SSSR count). The summed E-state index contributed by atoms with van der Waals surface area (Å²) in [5.74, 6) is 3.22. The lowest BCUT2D eigenvalue weighted by molar-refractivity contribution is 0.0971. The van der Waals surface area contributed by atoms with Crippen LogP contribution in [0.25, 0.3) is 0 Å². The molecule has 0 spiro atoms. The molecule has 2 aromatic rings. The van der Waals surface area contributed by atoms with Crippen molar-refractivity contribution >= 4 is 5.96 Å². The normalized spacial score (nSPS) is 16.0. The van der Waals surface area contributed by atoms with Gasteiger partial charge in [0.15, 0.2) is 23.6 Å². The van der Waals surface area contributed by atoms with Crippen molar-refractivity contribution in [2.24, 2.45) is 4.99 Å². The number of hydrogen-bond donors (Lipinski definition) is 2. The first-order valence-corrected chi connectivity index (χ1v) is 9.18.